The third kappa shape index (κ3) is 4.88. The van der Waals surface area contributed by atoms with E-state index in [4.69, 9.17) is 0 Å². The number of Topliss-reactive ketones (excluding diaryl/α,β-unsaturated/α-hetero) is 1. The first kappa shape index (κ1) is 13.4. The van der Waals surface area contributed by atoms with Gasteiger partial charge in [0.25, 0.3) is 0 Å². The molecule has 0 aliphatic carbocycles. The number of hydrogen-bond acceptors (Lipinski definition) is 3. The Morgan fingerprint density at radius 3 is 2.56 bits per heavy atom. The van der Waals surface area contributed by atoms with Crippen LogP contribution < -0.4 is 0 Å². The van der Waals surface area contributed by atoms with Crippen molar-refractivity contribution < 1.29 is 4.79 Å². The Bertz CT molecular complexity index is 319. The summed E-state index contributed by atoms with van der Waals surface area (Å²) < 4.78 is 0. The van der Waals surface area contributed by atoms with Crippen molar-refractivity contribution in [2.75, 3.05) is 0 Å². The van der Waals surface area contributed by atoms with Gasteiger partial charge < -0.3 is 0 Å². The molecule has 0 aromatic carbocycles. The molecular weight excluding hydrogens is 218 g/mol. The summed E-state index contributed by atoms with van der Waals surface area (Å²) in [5, 5.41) is 2.85. The van der Waals surface area contributed by atoms with Crippen molar-refractivity contribution in [2.24, 2.45) is 0 Å². The quantitative estimate of drug-likeness (QED) is 0.497. The van der Waals surface area contributed by atoms with Crippen LogP contribution in [0.15, 0.2) is 5.38 Å². The normalized spacial score (nSPS) is 10.6. The van der Waals surface area contributed by atoms with Gasteiger partial charge in [0.15, 0.2) is 5.78 Å². The molecule has 16 heavy (non-hydrogen) atoms. The molecule has 0 atom stereocenters. The molecule has 1 aromatic rings. The highest BCUT2D eigenvalue weighted by atomic mass is 32.1. The number of thiazole rings is 1. The number of aryl methyl sites for hydroxylation is 1. The highest BCUT2D eigenvalue weighted by molar-refractivity contribution is 7.09. The fourth-order valence-electron chi connectivity index (χ4n) is 1.69. The monoisotopic (exact) mass is 239 g/mol. The van der Waals surface area contributed by atoms with E-state index < -0.39 is 0 Å². The first-order valence-electron chi connectivity index (χ1n) is 6.19. The third-order valence-corrected chi connectivity index (χ3v) is 3.44. The van der Waals surface area contributed by atoms with Gasteiger partial charge in [0.2, 0.25) is 0 Å². The Labute approximate surface area is 102 Å². The van der Waals surface area contributed by atoms with Crippen molar-refractivity contribution in [3.05, 3.63) is 16.1 Å². The maximum absolute atomic E-state index is 11.7. The second-order valence-corrected chi connectivity index (χ2v) is 5.25. The summed E-state index contributed by atoms with van der Waals surface area (Å²) in [5.41, 5.74) is 0.663. The summed E-state index contributed by atoms with van der Waals surface area (Å²) in [6, 6.07) is 0. The molecule has 1 aromatic heterocycles. The Morgan fingerprint density at radius 1 is 1.25 bits per heavy atom. The highest BCUT2D eigenvalue weighted by Crippen LogP contribution is 2.13. The molecule has 1 heterocycles. The van der Waals surface area contributed by atoms with Crippen LogP contribution in [0.3, 0.4) is 0 Å². The van der Waals surface area contributed by atoms with Crippen LogP contribution >= 0.6 is 11.3 Å². The summed E-state index contributed by atoms with van der Waals surface area (Å²) >= 11 is 1.55. The first-order chi connectivity index (χ1) is 7.74. The van der Waals surface area contributed by atoms with Crippen LogP contribution in [0, 0.1) is 6.92 Å². The Morgan fingerprint density at radius 2 is 1.94 bits per heavy atom. The van der Waals surface area contributed by atoms with E-state index in [1.54, 1.807) is 11.3 Å². The van der Waals surface area contributed by atoms with Crippen LogP contribution in [0.1, 0.15) is 67.4 Å². The van der Waals surface area contributed by atoms with E-state index in [0.29, 0.717) is 12.1 Å². The Balaban J connectivity index is 2.11. The number of ketones is 1. The molecule has 0 aliphatic rings. The lowest BCUT2D eigenvalue weighted by atomic mass is 10.1. The largest absolute Gasteiger partial charge is 0.292 e. The summed E-state index contributed by atoms with van der Waals surface area (Å²) in [7, 11) is 0. The van der Waals surface area contributed by atoms with E-state index in [0.717, 1.165) is 11.4 Å². The van der Waals surface area contributed by atoms with Crippen molar-refractivity contribution in [1.82, 2.24) is 4.98 Å². The fraction of sp³-hybridized carbons (Fsp3) is 0.692. The van der Waals surface area contributed by atoms with Gasteiger partial charge in [0.05, 0.1) is 5.01 Å². The van der Waals surface area contributed by atoms with E-state index >= 15 is 0 Å². The molecule has 2 nitrogen and oxygen atoms in total. The lowest BCUT2D eigenvalue weighted by Crippen LogP contribution is -1.99. The summed E-state index contributed by atoms with van der Waals surface area (Å²) in [5.74, 6) is 0.208. The molecule has 1 rings (SSSR count). The van der Waals surface area contributed by atoms with Gasteiger partial charge in [-0.25, -0.2) is 4.98 Å². The van der Waals surface area contributed by atoms with Gasteiger partial charge in [-0.15, -0.1) is 11.3 Å². The number of hydrogen-bond donors (Lipinski definition) is 0. The average Bonchev–Trinajstić information content (AvgIpc) is 2.70. The van der Waals surface area contributed by atoms with E-state index in [9.17, 15) is 4.79 Å². The van der Waals surface area contributed by atoms with Crippen molar-refractivity contribution >= 4 is 17.1 Å². The van der Waals surface area contributed by atoms with Crippen molar-refractivity contribution in [3.8, 4) is 0 Å². The average molecular weight is 239 g/mol. The molecule has 0 saturated heterocycles. The molecular formula is C13H21NOS. The lowest BCUT2D eigenvalue weighted by molar-refractivity contribution is 0.0975. The molecule has 0 radical (unpaired) electrons. The van der Waals surface area contributed by atoms with Gasteiger partial charge in [-0.1, -0.05) is 39.0 Å². The molecule has 0 aliphatic heterocycles. The minimum Gasteiger partial charge on any atom is -0.292 e. The number of carbonyl (C=O) groups is 1. The molecule has 0 fully saturated rings. The van der Waals surface area contributed by atoms with E-state index in [1.165, 1.54) is 32.1 Å². The van der Waals surface area contributed by atoms with Crippen molar-refractivity contribution in [1.29, 1.82) is 0 Å². The van der Waals surface area contributed by atoms with Gasteiger partial charge in [0.1, 0.15) is 5.69 Å². The molecule has 90 valence electrons. The molecule has 0 unspecified atom stereocenters. The topological polar surface area (TPSA) is 30.0 Å². The van der Waals surface area contributed by atoms with Crippen molar-refractivity contribution in [3.63, 3.8) is 0 Å². The van der Waals surface area contributed by atoms with Crippen LogP contribution in [-0.4, -0.2) is 10.8 Å². The minimum absolute atomic E-state index is 0.208. The zero-order valence-corrected chi connectivity index (χ0v) is 11.1. The predicted octanol–water partition coefficient (Wildman–Crippen LogP) is 4.38. The van der Waals surface area contributed by atoms with Crippen LogP contribution in [0.2, 0.25) is 0 Å². The lowest BCUT2D eigenvalue weighted by Gasteiger charge is -1.99. The zero-order valence-electron chi connectivity index (χ0n) is 10.3. The minimum atomic E-state index is 0.208. The SMILES string of the molecule is CCCCCCCCC(=O)c1csc(C)n1. The first-order valence-corrected chi connectivity index (χ1v) is 7.07. The maximum atomic E-state index is 11.7. The second-order valence-electron chi connectivity index (χ2n) is 4.19. The van der Waals surface area contributed by atoms with Gasteiger partial charge in [-0.05, 0) is 13.3 Å². The Hall–Kier alpha value is -0.700. The number of aromatic nitrogens is 1. The molecule has 0 bridgehead atoms. The fourth-order valence-corrected chi connectivity index (χ4v) is 2.30. The summed E-state index contributed by atoms with van der Waals surface area (Å²) in [6.07, 6.45) is 8.01. The van der Waals surface area contributed by atoms with Crippen LogP contribution in [-0.2, 0) is 0 Å². The highest BCUT2D eigenvalue weighted by Gasteiger charge is 2.08. The molecule has 0 spiro atoms. The van der Waals surface area contributed by atoms with Crippen molar-refractivity contribution in [2.45, 2.75) is 58.8 Å². The predicted molar refractivity (Wildman–Crippen MR) is 69.2 cm³/mol. The van der Waals surface area contributed by atoms with Gasteiger partial charge in [0, 0.05) is 11.8 Å². The van der Waals surface area contributed by atoms with E-state index in [-0.39, 0.29) is 5.78 Å². The summed E-state index contributed by atoms with van der Waals surface area (Å²) in [4.78, 5) is 15.9. The van der Waals surface area contributed by atoms with Gasteiger partial charge >= 0.3 is 0 Å². The van der Waals surface area contributed by atoms with E-state index in [1.807, 2.05) is 12.3 Å². The maximum Gasteiger partial charge on any atom is 0.182 e. The standard InChI is InChI=1S/C13H21NOS/c1-3-4-5-6-7-8-9-13(15)12-10-16-11(2)14-12/h10H,3-9H2,1-2H3. The number of unbranched alkanes of at least 4 members (excludes halogenated alkanes) is 5. The molecule has 0 amide bonds. The summed E-state index contributed by atoms with van der Waals surface area (Å²) in [6.45, 7) is 4.15. The van der Waals surface area contributed by atoms with Gasteiger partial charge in [-0.3, -0.25) is 4.79 Å². The van der Waals surface area contributed by atoms with Crippen LogP contribution in [0.4, 0.5) is 0 Å². The molecule has 3 heteroatoms. The second kappa shape index (κ2) is 7.55. The number of nitrogens with zero attached hydrogens (tertiary/aromatic N) is 1. The smallest absolute Gasteiger partial charge is 0.182 e. The number of carbonyl (C=O) groups excluding carboxylic acids is 1. The zero-order chi connectivity index (χ0) is 11.8. The van der Waals surface area contributed by atoms with Crippen LogP contribution in [0.25, 0.3) is 0 Å². The number of rotatable bonds is 8. The van der Waals surface area contributed by atoms with Crippen LogP contribution in [0.5, 0.6) is 0 Å². The third-order valence-electron chi connectivity index (χ3n) is 2.66. The van der Waals surface area contributed by atoms with Gasteiger partial charge in [-0.2, -0.15) is 0 Å². The molecule has 0 N–H and O–H groups in total. The van der Waals surface area contributed by atoms with E-state index in [2.05, 4.69) is 11.9 Å². The Kier molecular flexibility index (Phi) is 6.31. The molecule has 0 saturated carbocycles.